The Morgan fingerprint density at radius 2 is 1.39 bits per heavy atom. The highest BCUT2D eigenvalue weighted by Crippen LogP contribution is 2.43. The molecule has 0 aliphatic rings. The monoisotopic (exact) mass is 371 g/mol. The molecule has 1 atom stereocenters. The maximum atomic E-state index is 13.2. The molecule has 23 heavy (non-hydrogen) atoms. The molecule has 142 valence electrons. The zero-order chi connectivity index (χ0) is 18.7. The van der Waals surface area contributed by atoms with Crippen molar-refractivity contribution in [3.63, 3.8) is 0 Å². The number of nitrogens with one attached hydrogen (secondary N) is 1. The van der Waals surface area contributed by atoms with Crippen LogP contribution in [0.25, 0.3) is 0 Å². The van der Waals surface area contributed by atoms with Crippen molar-refractivity contribution < 1.29 is 34.9 Å². The van der Waals surface area contributed by atoms with E-state index in [1.165, 1.54) is 0 Å². The van der Waals surface area contributed by atoms with Crippen molar-refractivity contribution in [1.29, 1.82) is 0 Å². The quantitative estimate of drug-likeness (QED) is 0.346. The highest BCUT2D eigenvalue weighted by atomic mass is 32.2. The van der Waals surface area contributed by atoms with Crippen molar-refractivity contribution >= 4 is 10.1 Å². The van der Waals surface area contributed by atoms with Crippen LogP contribution in [0.1, 0.15) is 51.9 Å². The molecule has 4 nitrogen and oxygen atoms in total. The first-order chi connectivity index (χ1) is 10.4. The maximum Gasteiger partial charge on any atom is 0.434 e. The van der Waals surface area contributed by atoms with Gasteiger partial charge in [0.25, 0.3) is 0 Å². The van der Waals surface area contributed by atoms with Gasteiger partial charge in [0.15, 0.2) is 6.17 Å². The Hall–Kier alpha value is -0.480. The van der Waals surface area contributed by atoms with E-state index < -0.39 is 33.9 Å². The van der Waals surface area contributed by atoms with Crippen LogP contribution in [0, 0.1) is 0 Å². The molecule has 2 N–H and O–H groups in total. The van der Waals surface area contributed by atoms with Gasteiger partial charge in [0.1, 0.15) is 0 Å². The highest BCUT2D eigenvalue weighted by Gasteiger charge is 2.69. The summed E-state index contributed by atoms with van der Waals surface area (Å²) < 4.78 is 93.4. The fourth-order valence-electron chi connectivity index (χ4n) is 1.64. The van der Waals surface area contributed by atoms with Gasteiger partial charge in [0.2, 0.25) is 0 Å². The lowest BCUT2D eigenvalue weighted by atomic mass is 10.0. The van der Waals surface area contributed by atoms with Gasteiger partial charge in [-0.2, -0.15) is 26.0 Å². The van der Waals surface area contributed by atoms with Gasteiger partial charge in [0, 0.05) is 0 Å². The van der Waals surface area contributed by atoms with E-state index >= 15 is 0 Å². The van der Waals surface area contributed by atoms with Gasteiger partial charge in [-0.15, -0.1) is 0 Å². The number of rotatable bonds is 10. The molecule has 0 aromatic carbocycles. The van der Waals surface area contributed by atoms with Gasteiger partial charge >= 0.3 is 21.3 Å². The molecule has 0 radical (unpaired) electrons. The van der Waals surface area contributed by atoms with E-state index in [4.69, 9.17) is 4.55 Å². The minimum absolute atomic E-state index is 0.0535. The molecule has 0 spiro atoms. The van der Waals surface area contributed by atoms with Crippen molar-refractivity contribution in [2.24, 2.45) is 0 Å². The number of hydrogen-bond acceptors (Lipinski definition) is 3. The Morgan fingerprint density at radius 1 is 1.00 bits per heavy atom. The Balaban J connectivity index is 0. The average molecular weight is 371 g/mol. The predicted octanol–water partition coefficient (Wildman–Crippen LogP) is 4.03. The van der Waals surface area contributed by atoms with Crippen molar-refractivity contribution in [3.05, 3.63) is 0 Å². The summed E-state index contributed by atoms with van der Waals surface area (Å²) in [5, 5.41) is -3.08. The summed E-state index contributed by atoms with van der Waals surface area (Å²) in [5.41, 5.74) is 0. The standard InChI is InChI=1S/C11H19F5O3S.C2H7N/c1-2-3-4-5-6-7-8-9(12)10(13,14)11(15,16)20(17,18)19;1-3-2/h9H,2-8H2,1H3,(H,17,18,19);3H,1-2H3. The van der Waals surface area contributed by atoms with E-state index in [0.717, 1.165) is 19.3 Å². The summed E-state index contributed by atoms with van der Waals surface area (Å²) in [7, 11) is -2.62. The number of alkyl halides is 5. The lowest BCUT2D eigenvalue weighted by molar-refractivity contribution is -0.198. The van der Waals surface area contributed by atoms with Crippen molar-refractivity contribution in [2.75, 3.05) is 14.1 Å². The third kappa shape index (κ3) is 8.25. The van der Waals surface area contributed by atoms with Gasteiger partial charge < -0.3 is 5.32 Å². The Bertz CT molecular complexity index is 404. The highest BCUT2D eigenvalue weighted by molar-refractivity contribution is 7.87. The zero-order valence-corrected chi connectivity index (χ0v) is 14.4. The average Bonchev–Trinajstić information content (AvgIpc) is 2.41. The molecule has 0 heterocycles. The topological polar surface area (TPSA) is 66.4 Å². The van der Waals surface area contributed by atoms with Crippen LogP contribution in [0.2, 0.25) is 0 Å². The van der Waals surface area contributed by atoms with E-state index in [9.17, 15) is 30.4 Å². The fourth-order valence-corrected chi connectivity index (χ4v) is 2.11. The molecule has 0 bridgehead atoms. The lowest BCUT2D eigenvalue weighted by Gasteiger charge is -2.26. The van der Waals surface area contributed by atoms with Gasteiger partial charge in [0.05, 0.1) is 0 Å². The number of halogens is 5. The van der Waals surface area contributed by atoms with Crippen LogP contribution in [0.3, 0.4) is 0 Å². The van der Waals surface area contributed by atoms with E-state index in [0.29, 0.717) is 12.8 Å². The molecule has 0 amide bonds. The molecule has 0 aromatic rings. The van der Waals surface area contributed by atoms with Crippen LogP contribution >= 0.6 is 0 Å². The summed E-state index contributed by atoms with van der Waals surface area (Å²) in [5.74, 6) is -5.45. The van der Waals surface area contributed by atoms with Gasteiger partial charge in [-0.3, -0.25) is 4.55 Å². The smallest absolute Gasteiger partial charge is 0.323 e. The molecular weight excluding hydrogens is 345 g/mol. The summed E-state index contributed by atoms with van der Waals surface area (Å²) in [6.45, 7) is 1.97. The first kappa shape index (κ1) is 24.8. The molecule has 0 aromatic heterocycles. The second kappa shape index (κ2) is 11.1. The maximum absolute atomic E-state index is 13.2. The Morgan fingerprint density at radius 3 is 1.78 bits per heavy atom. The SMILES string of the molecule is CCCCCCCCC(F)C(F)(F)C(F)(F)S(=O)(=O)O.CNC. The third-order valence-electron chi connectivity index (χ3n) is 2.92. The minimum Gasteiger partial charge on any atom is -0.323 e. The molecule has 0 aliphatic carbocycles. The first-order valence-electron chi connectivity index (χ1n) is 7.35. The van der Waals surface area contributed by atoms with Crippen molar-refractivity contribution in [1.82, 2.24) is 5.32 Å². The molecule has 0 rings (SSSR count). The van der Waals surface area contributed by atoms with Crippen LogP contribution in [-0.2, 0) is 10.1 Å². The third-order valence-corrected chi connectivity index (χ3v) is 3.84. The second-order valence-corrected chi connectivity index (χ2v) is 6.60. The van der Waals surface area contributed by atoms with Crippen molar-refractivity contribution in [3.8, 4) is 0 Å². The zero-order valence-electron chi connectivity index (χ0n) is 13.6. The lowest BCUT2D eigenvalue weighted by Crippen LogP contribution is -2.52. The van der Waals surface area contributed by atoms with Crippen LogP contribution in [0.4, 0.5) is 22.0 Å². The van der Waals surface area contributed by atoms with E-state index in [1.807, 2.05) is 21.0 Å². The number of unbranched alkanes of at least 4 members (excludes halogenated alkanes) is 5. The van der Waals surface area contributed by atoms with Crippen molar-refractivity contribution in [2.45, 2.75) is 69.2 Å². The van der Waals surface area contributed by atoms with E-state index in [2.05, 4.69) is 5.32 Å². The molecule has 10 heteroatoms. The molecule has 0 saturated heterocycles. The van der Waals surface area contributed by atoms with Crippen LogP contribution in [0.15, 0.2) is 0 Å². The number of hydrogen-bond donors (Lipinski definition) is 2. The Labute approximate surface area is 134 Å². The largest absolute Gasteiger partial charge is 0.434 e. The molecule has 0 saturated carbocycles. The Kier molecular flexibility index (Phi) is 12.0. The molecule has 0 fully saturated rings. The summed E-state index contributed by atoms with van der Waals surface area (Å²) in [4.78, 5) is 0. The van der Waals surface area contributed by atoms with Gasteiger partial charge in [-0.1, -0.05) is 45.4 Å². The summed E-state index contributed by atoms with van der Waals surface area (Å²) in [6, 6.07) is 0. The van der Waals surface area contributed by atoms with Crippen LogP contribution in [0.5, 0.6) is 0 Å². The molecule has 0 aliphatic heterocycles. The molecular formula is C13H26F5NO3S. The van der Waals surface area contributed by atoms with Gasteiger partial charge in [-0.05, 0) is 20.5 Å². The first-order valence-corrected chi connectivity index (χ1v) is 8.79. The predicted molar refractivity (Wildman–Crippen MR) is 79.3 cm³/mol. The molecule has 1 unspecified atom stereocenters. The fraction of sp³-hybridized carbons (Fsp3) is 1.00. The summed E-state index contributed by atoms with van der Waals surface area (Å²) >= 11 is 0. The second-order valence-electron chi connectivity index (χ2n) is 5.14. The van der Waals surface area contributed by atoms with Crippen LogP contribution in [-0.4, -0.2) is 44.4 Å². The minimum atomic E-state index is -6.37. The van der Waals surface area contributed by atoms with E-state index in [-0.39, 0.29) is 6.42 Å². The van der Waals surface area contributed by atoms with Gasteiger partial charge in [-0.25, -0.2) is 4.39 Å². The van der Waals surface area contributed by atoms with Crippen LogP contribution < -0.4 is 5.32 Å². The normalized spacial score (nSPS) is 14.1. The summed E-state index contributed by atoms with van der Waals surface area (Å²) in [6.07, 6.45) is -0.461. The van der Waals surface area contributed by atoms with E-state index in [1.54, 1.807) is 0 Å².